The predicted molar refractivity (Wildman–Crippen MR) is 64.7 cm³/mol. The first-order chi connectivity index (χ1) is 8.56. The number of pyridine rings is 1. The number of carbonyl (C=O) groups is 1. The number of hydrogen-bond donors (Lipinski definition) is 2. The first-order valence-electron chi connectivity index (χ1n) is 5.16. The number of aromatic nitrogens is 4. The van der Waals surface area contributed by atoms with Gasteiger partial charge in [-0.25, -0.2) is 4.68 Å². The van der Waals surface area contributed by atoms with Crippen LogP contribution in [0.5, 0.6) is 0 Å². The van der Waals surface area contributed by atoms with Crippen molar-refractivity contribution in [2.45, 2.75) is 6.54 Å². The fourth-order valence-electron chi connectivity index (χ4n) is 1.40. The zero-order chi connectivity index (χ0) is 13.1. The lowest BCUT2D eigenvalue weighted by atomic mass is 10.4. The number of nitrogens with zero attached hydrogens (tertiary/aromatic N) is 4. The summed E-state index contributed by atoms with van der Waals surface area (Å²) in [5.41, 5.74) is 5.67. The predicted octanol–water partition coefficient (Wildman–Crippen LogP) is -0.802. The number of nitrogens with two attached hydrogens (primary N) is 1. The molecule has 0 aliphatic carbocycles. The van der Waals surface area contributed by atoms with Crippen molar-refractivity contribution in [3.8, 4) is 0 Å². The van der Waals surface area contributed by atoms with Gasteiger partial charge in [0, 0.05) is 25.0 Å². The van der Waals surface area contributed by atoms with Crippen molar-refractivity contribution in [2.24, 2.45) is 7.05 Å². The SMILES string of the molecule is Cn1ncnc1NC(=O)Cn1cc(N)ccc1=O. The standard InChI is InChI=1S/C10H12N6O2/c1-15-10(12-6-13-15)14-8(17)5-16-4-7(11)2-3-9(16)18/h2-4,6H,5,11H2,1H3,(H,12,13,14,17). The molecule has 8 heteroatoms. The van der Waals surface area contributed by atoms with E-state index in [1.807, 2.05) is 0 Å². The van der Waals surface area contributed by atoms with Crippen LogP contribution in [0.1, 0.15) is 0 Å². The number of carbonyl (C=O) groups excluding carboxylic acids is 1. The van der Waals surface area contributed by atoms with Crippen molar-refractivity contribution < 1.29 is 4.79 Å². The number of nitrogens with one attached hydrogen (secondary N) is 1. The van der Waals surface area contributed by atoms with Gasteiger partial charge in [-0.05, 0) is 6.07 Å². The van der Waals surface area contributed by atoms with E-state index in [0.29, 0.717) is 11.6 Å². The maximum absolute atomic E-state index is 11.7. The minimum absolute atomic E-state index is 0.128. The first kappa shape index (κ1) is 11.8. The molecule has 0 fully saturated rings. The normalized spacial score (nSPS) is 10.3. The lowest BCUT2D eigenvalue weighted by Crippen LogP contribution is -2.27. The van der Waals surface area contributed by atoms with Gasteiger partial charge in [0.25, 0.3) is 5.56 Å². The molecular formula is C10H12N6O2. The van der Waals surface area contributed by atoms with Crippen molar-refractivity contribution in [3.05, 3.63) is 35.0 Å². The summed E-state index contributed by atoms with van der Waals surface area (Å²) in [7, 11) is 1.65. The van der Waals surface area contributed by atoms with Gasteiger partial charge in [0.1, 0.15) is 12.9 Å². The molecule has 0 atom stereocenters. The highest BCUT2D eigenvalue weighted by molar-refractivity contribution is 5.88. The van der Waals surface area contributed by atoms with Crippen LogP contribution in [0.15, 0.2) is 29.5 Å². The molecule has 2 aromatic rings. The van der Waals surface area contributed by atoms with Crippen molar-refractivity contribution >= 4 is 17.5 Å². The highest BCUT2D eigenvalue weighted by Gasteiger charge is 2.08. The zero-order valence-electron chi connectivity index (χ0n) is 9.70. The largest absolute Gasteiger partial charge is 0.398 e. The molecule has 0 bridgehead atoms. The Morgan fingerprint density at radius 1 is 1.50 bits per heavy atom. The van der Waals surface area contributed by atoms with Gasteiger partial charge in [0.05, 0.1) is 0 Å². The Labute approximate surface area is 102 Å². The van der Waals surface area contributed by atoms with Crippen LogP contribution < -0.4 is 16.6 Å². The molecule has 1 amide bonds. The molecule has 18 heavy (non-hydrogen) atoms. The van der Waals surface area contributed by atoms with Gasteiger partial charge in [-0.2, -0.15) is 10.1 Å². The van der Waals surface area contributed by atoms with Gasteiger partial charge in [0.2, 0.25) is 11.9 Å². The van der Waals surface area contributed by atoms with Crippen LogP contribution in [0.2, 0.25) is 0 Å². The molecule has 2 heterocycles. The Morgan fingerprint density at radius 2 is 2.28 bits per heavy atom. The van der Waals surface area contributed by atoms with Gasteiger partial charge < -0.3 is 10.3 Å². The Balaban J connectivity index is 2.10. The summed E-state index contributed by atoms with van der Waals surface area (Å²) >= 11 is 0. The van der Waals surface area contributed by atoms with Crippen molar-refractivity contribution in [3.63, 3.8) is 0 Å². The van der Waals surface area contributed by atoms with Crippen LogP contribution in [0, 0.1) is 0 Å². The lowest BCUT2D eigenvalue weighted by Gasteiger charge is -2.06. The number of anilines is 2. The van der Waals surface area contributed by atoms with E-state index in [-0.39, 0.29) is 18.0 Å². The number of hydrogen-bond acceptors (Lipinski definition) is 5. The third-order valence-corrected chi connectivity index (χ3v) is 2.28. The number of nitrogen functional groups attached to an aromatic ring is 1. The van der Waals surface area contributed by atoms with Gasteiger partial charge >= 0.3 is 0 Å². The van der Waals surface area contributed by atoms with E-state index < -0.39 is 0 Å². The molecule has 0 aromatic carbocycles. The zero-order valence-corrected chi connectivity index (χ0v) is 9.70. The third kappa shape index (κ3) is 2.54. The first-order valence-corrected chi connectivity index (χ1v) is 5.16. The Bertz CT molecular complexity index is 629. The molecule has 0 spiro atoms. The van der Waals surface area contributed by atoms with E-state index in [0.717, 1.165) is 0 Å². The highest BCUT2D eigenvalue weighted by Crippen LogP contribution is 1.99. The van der Waals surface area contributed by atoms with Gasteiger partial charge in [-0.15, -0.1) is 0 Å². The monoisotopic (exact) mass is 248 g/mol. The Hall–Kier alpha value is -2.64. The molecule has 3 N–H and O–H groups in total. The Kier molecular flexibility index (Phi) is 3.09. The summed E-state index contributed by atoms with van der Waals surface area (Å²) < 4.78 is 2.64. The summed E-state index contributed by atoms with van der Waals surface area (Å²) in [4.78, 5) is 27.0. The van der Waals surface area contributed by atoms with Crippen LogP contribution >= 0.6 is 0 Å². The van der Waals surface area contributed by atoms with E-state index in [2.05, 4.69) is 15.4 Å². The molecule has 2 rings (SSSR count). The maximum Gasteiger partial charge on any atom is 0.251 e. The summed E-state index contributed by atoms with van der Waals surface area (Å²) in [6.45, 7) is -0.128. The van der Waals surface area contributed by atoms with Gasteiger partial charge in [-0.1, -0.05) is 0 Å². The molecule has 94 valence electrons. The number of aryl methyl sites for hydroxylation is 1. The van der Waals surface area contributed by atoms with E-state index >= 15 is 0 Å². The fraction of sp³-hybridized carbons (Fsp3) is 0.200. The van der Waals surface area contributed by atoms with Crippen molar-refractivity contribution in [1.29, 1.82) is 0 Å². The summed E-state index contributed by atoms with van der Waals surface area (Å²) in [5, 5.41) is 6.35. The van der Waals surface area contributed by atoms with Crippen molar-refractivity contribution in [2.75, 3.05) is 11.1 Å². The second-order valence-corrected chi connectivity index (χ2v) is 3.68. The topological polar surface area (TPSA) is 108 Å². The summed E-state index contributed by atoms with van der Waals surface area (Å²) in [6.07, 6.45) is 2.74. The number of rotatable bonds is 3. The second kappa shape index (κ2) is 4.70. The van der Waals surface area contributed by atoms with E-state index in [9.17, 15) is 9.59 Å². The molecular weight excluding hydrogens is 236 g/mol. The maximum atomic E-state index is 11.7. The van der Waals surface area contributed by atoms with E-state index in [4.69, 9.17) is 5.73 Å². The van der Waals surface area contributed by atoms with Crippen molar-refractivity contribution in [1.82, 2.24) is 19.3 Å². The van der Waals surface area contributed by atoms with Gasteiger partial charge in [-0.3, -0.25) is 14.9 Å². The highest BCUT2D eigenvalue weighted by atomic mass is 16.2. The van der Waals surface area contributed by atoms with Crippen LogP contribution in [-0.4, -0.2) is 25.2 Å². The molecule has 0 aliphatic heterocycles. The third-order valence-electron chi connectivity index (χ3n) is 2.28. The minimum atomic E-state index is -0.376. The summed E-state index contributed by atoms with van der Waals surface area (Å²) in [5.74, 6) is -0.0595. The average molecular weight is 248 g/mol. The number of amides is 1. The van der Waals surface area contributed by atoms with Crippen LogP contribution in [0.25, 0.3) is 0 Å². The minimum Gasteiger partial charge on any atom is -0.398 e. The smallest absolute Gasteiger partial charge is 0.251 e. The fourth-order valence-corrected chi connectivity index (χ4v) is 1.40. The molecule has 8 nitrogen and oxygen atoms in total. The van der Waals surface area contributed by atoms with Crippen LogP contribution in [-0.2, 0) is 18.4 Å². The van der Waals surface area contributed by atoms with Crippen LogP contribution in [0.4, 0.5) is 11.6 Å². The molecule has 2 aromatic heterocycles. The molecule has 0 unspecified atom stereocenters. The van der Waals surface area contributed by atoms with Gasteiger partial charge in [0.15, 0.2) is 0 Å². The second-order valence-electron chi connectivity index (χ2n) is 3.68. The molecule has 0 saturated carbocycles. The average Bonchev–Trinajstić information content (AvgIpc) is 2.70. The molecule has 0 saturated heterocycles. The quantitative estimate of drug-likeness (QED) is 0.739. The van der Waals surface area contributed by atoms with Crippen LogP contribution in [0.3, 0.4) is 0 Å². The Morgan fingerprint density at radius 3 is 2.94 bits per heavy atom. The lowest BCUT2D eigenvalue weighted by molar-refractivity contribution is -0.116. The molecule has 0 radical (unpaired) electrons. The van der Waals surface area contributed by atoms with E-state index in [1.165, 1.54) is 33.9 Å². The van der Waals surface area contributed by atoms with E-state index in [1.54, 1.807) is 7.05 Å². The molecule has 0 aliphatic rings. The summed E-state index contributed by atoms with van der Waals surface area (Å²) in [6, 6.07) is 2.80.